The molecule has 0 amide bonds. The highest BCUT2D eigenvalue weighted by molar-refractivity contribution is 4.90. The molecule has 0 bridgehead atoms. The Morgan fingerprint density at radius 3 is 2.57 bits per heavy atom. The van der Waals surface area contributed by atoms with Gasteiger partial charge in [0.25, 0.3) is 0 Å². The van der Waals surface area contributed by atoms with Gasteiger partial charge in [0.2, 0.25) is 0 Å². The van der Waals surface area contributed by atoms with E-state index in [-0.39, 0.29) is 0 Å². The molecule has 1 fully saturated rings. The Bertz CT molecular complexity index is 264. The van der Waals surface area contributed by atoms with Crippen molar-refractivity contribution in [3.8, 4) is 0 Å². The van der Waals surface area contributed by atoms with E-state index >= 15 is 0 Å². The molecule has 0 radical (unpaired) electrons. The first-order valence-electron chi connectivity index (χ1n) is 8.98. The maximum absolute atomic E-state index is 5.36. The van der Waals surface area contributed by atoms with Gasteiger partial charge in [-0.2, -0.15) is 0 Å². The van der Waals surface area contributed by atoms with Crippen LogP contribution >= 0.6 is 0 Å². The Morgan fingerprint density at radius 2 is 2.05 bits per heavy atom. The summed E-state index contributed by atoms with van der Waals surface area (Å²) in [6.45, 7) is 11.4. The van der Waals surface area contributed by atoms with Gasteiger partial charge >= 0.3 is 0 Å². The van der Waals surface area contributed by atoms with Crippen molar-refractivity contribution in [2.24, 2.45) is 11.3 Å². The molecule has 1 N–H and O–H groups in total. The summed E-state index contributed by atoms with van der Waals surface area (Å²) in [7, 11) is 3.93. The summed E-state index contributed by atoms with van der Waals surface area (Å²) in [5, 5.41) is 3.48. The maximum atomic E-state index is 5.36. The molecule has 0 aliphatic heterocycles. The number of ether oxygens (including phenoxy) is 1. The van der Waals surface area contributed by atoms with Gasteiger partial charge in [0.1, 0.15) is 0 Å². The fraction of sp³-hybridized carbons (Fsp3) is 1.00. The minimum absolute atomic E-state index is 0.461. The van der Waals surface area contributed by atoms with Crippen LogP contribution in [0.15, 0.2) is 0 Å². The van der Waals surface area contributed by atoms with Crippen LogP contribution < -0.4 is 5.32 Å². The van der Waals surface area contributed by atoms with Crippen molar-refractivity contribution >= 4 is 0 Å². The molecule has 0 heterocycles. The molecule has 0 saturated heterocycles. The summed E-state index contributed by atoms with van der Waals surface area (Å²) >= 11 is 0. The third-order valence-corrected chi connectivity index (χ3v) is 5.32. The molecule has 3 nitrogen and oxygen atoms in total. The standard InChI is InChI=1S/C18H38N2O/c1-6-17(7-2)20(11-12-21-5)15-18(14-19-4)10-8-9-16(3)13-18/h16-17,19H,6-15H2,1-5H3. The van der Waals surface area contributed by atoms with Gasteiger partial charge in [-0.3, -0.25) is 4.90 Å². The zero-order chi connectivity index (χ0) is 15.7. The highest BCUT2D eigenvalue weighted by Gasteiger charge is 2.36. The quantitative estimate of drug-likeness (QED) is 0.667. The van der Waals surface area contributed by atoms with E-state index in [4.69, 9.17) is 4.74 Å². The smallest absolute Gasteiger partial charge is 0.0589 e. The van der Waals surface area contributed by atoms with Crippen LogP contribution in [0.1, 0.15) is 59.3 Å². The van der Waals surface area contributed by atoms with Gasteiger partial charge in [0, 0.05) is 32.8 Å². The van der Waals surface area contributed by atoms with Crippen molar-refractivity contribution in [2.75, 3.05) is 40.4 Å². The first-order chi connectivity index (χ1) is 10.1. The Labute approximate surface area is 132 Å². The van der Waals surface area contributed by atoms with Crippen molar-refractivity contribution in [1.29, 1.82) is 0 Å². The lowest BCUT2D eigenvalue weighted by atomic mass is 9.69. The second-order valence-corrected chi connectivity index (χ2v) is 7.17. The van der Waals surface area contributed by atoms with Gasteiger partial charge in [-0.05, 0) is 44.1 Å². The molecule has 2 atom stereocenters. The van der Waals surface area contributed by atoms with Gasteiger partial charge < -0.3 is 10.1 Å². The van der Waals surface area contributed by atoms with E-state index < -0.39 is 0 Å². The molecule has 2 unspecified atom stereocenters. The van der Waals surface area contributed by atoms with Crippen molar-refractivity contribution in [3.63, 3.8) is 0 Å². The number of methoxy groups -OCH3 is 1. The Kier molecular flexibility index (Phi) is 8.84. The summed E-state index contributed by atoms with van der Waals surface area (Å²) in [4.78, 5) is 2.71. The average molecular weight is 299 g/mol. The molecule has 0 aromatic carbocycles. The zero-order valence-corrected chi connectivity index (χ0v) is 15.1. The van der Waals surface area contributed by atoms with Gasteiger partial charge in [-0.25, -0.2) is 0 Å². The van der Waals surface area contributed by atoms with E-state index in [0.29, 0.717) is 11.5 Å². The maximum Gasteiger partial charge on any atom is 0.0589 e. The molecular formula is C18H38N2O. The number of nitrogens with zero attached hydrogens (tertiary/aromatic N) is 1. The second-order valence-electron chi connectivity index (χ2n) is 7.17. The van der Waals surface area contributed by atoms with Gasteiger partial charge in [0.05, 0.1) is 6.61 Å². The second kappa shape index (κ2) is 9.81. The molecule has 21 heavy (non-hydrogen) atoms. The molecule has 1 saturated carbocycles. The average Bonchev–Trinajstić information content (AvgIpc) is 2.46. The molecular weight excluding hydrogens is 260 g/mol. The molecule has 3 heteroatoms. The lowest BCUT2D eigenvalue weighted by molar-refractivity contribution is 0.0394. The molecule has 0 aromatic rings. The molecule has 0 spiro atoms. The molecule has 1 aliphatic rings. The SMILES string of the molecule is CCC(CC)N(CCOC)CC1(CNC)CCCC(C)C1. The highest BCUT2D eigenvalue weighted by Crippen LogP contribution is 2.40. The monoisotopic (exact) mass is 298 g/mol. The van der Waals surface area contributed by atoms with Crippen LogP contribution in [0, 0.1) is 11.3 Å². The van der Waals surface area contributed by atoms with Crippen LogP contribution in [0.3, 0.4) is 0 Å². The number of hydrogen-bond donors (Lipinski definition) is 1. The Morgan fingerprint density at radius 1 is 1.33 bits per heavy atom. The summed E-state index contributed by atoms with van der Waals surface area (Å²) < 4.78 is 5.36. The van der Waals surface area contributed by atoms with Crippen LogP contribution in [-0.4, -0.2) is 51.3 Å². The third kappa shape index (κ3) is 5.88. The first-order valence-corrected chi connectivity index (χ1v) is 8.98. The van der Waals surface area contributed by atoms with E-state index in [1.54, 1.807) is 0 Å². The van der Waals surface area contributed by atoms with E-state index in [1.807, 2.05) is 7.11 Å². The lowest BCUT2D eigenvalue weighted by Crippen LogP contribution is -2.49. The third-order valence-electron chi connectivity index (χ3n) is 5.32. The molecule has 1 rings (SSSR count). The Hall–Kier alpha value is -0.120. The number of rotatable bonds is 10. The summed E-state index contributed by atoms with van der Waals surface area (Å²) in [6, 6.07) is 0.700. The molecule has 0 aromatic heterocycles. The number of nitrogens with one attached hydrogen (secondary N) is 1. The van der Waals surface area contributed by atoms with Gasteiger partial charge in [0.15, 0.2) is 0 Å². The topological polar surface area (TPSA) is 24.5 Å². The Balaban J connectivity index is 2.79. The van der Waals surface area contributed by atoms with E-state index in [1.165, 1.54) is 45.1 Å². The van der Waals surface area contributed by atoms with E-state index in [0.717, 1.165) is 25.6 Å². The predicted molar refractivity (Wildman–Crippen MR) is 91.8 cm³/mol. The van der Waals surface area contributed by atoms with Crippen LogP contribution in [-0.2, 0) is 4.74 Å². The summed E-state index contributed by atoms with van der Waals surface area (Å²) in [6.07, 6.45) is 8.04. The minimum Gasteiger partial charge on any atom is -0.383 e. The van der Waals surface area contributed by atoms with Crippen LogP contribution in [0.25, 0.3) is 0 Å². The van der Waals surface area contributed by atoms with Gasteiger partial charge in [-0.15, -0.1) is 0 Å². The molecule has 1 aliphatic carbocycles. The van der Waals surface area contributed by atoms with E-state index in [9.17, 15) is 0 Å². The molecule has 126 valence electrons. The fourth-order valence-electron chi connectivity index (χ4n) is 4.34. The van der Waals surface area contributed by atoms with Crippen LogP contribution in [0.5, 0.6) is 0 Å². The van der Waals surface area contributed by atoms with Crippen molar-refractivity contribution < 1.29 is 4.74 Å². The number of hydrogen-bond acceptors (Lipinski definition) is 3. The zero-order valence-electron chi connectivity index (χ0n) is 15.1. The summed E-state index contributed by atoms with van der Waals surface area (Å²) in [5.74, 6) is 0.873. The van der Waals surface area contributed by atoms with Crippen molar-refractivity contribution in [2.45, 2.75) is 65.3 Å². The van der Waals surface area contributed by atoms with Crippen molar-refractivity contribution in [3.05, 3.63) is 0 Å². The normalized spacial score (nSPS) is 26.7. The van der Waals surface area contributed by atoms with Crippen molar-refractivity contribution in [1.82, 2.24) is 10.2 Å². The fourth-order valence-corrected chi connectivity index (χ4v) is 4.34. The minimum atomic E-state index is 0.461. The predicted octanol–water partition coefficient (Wildman–Crippen LogP) is 3.54. The lowest BCUT2D eigenvalue weighted by Gasteiger charge is -2.45. The first kappa shape index (κ1) is 18.9. The van der Waals surface area contributed by atoms with Crippen LogP contribution in [0.2, 0.25) is 0 Å². The van der Waals surface area contributed by atoms with E-state index in [2.05, 4.69) is 38.0 Å². The highest BCUT2D eigenvalue weighted by atomic mass is 16.5. The van der Waals surface area contributed by atoms with Gasteiger partial charge in [-0.1, -0.05) is 33.6 Å². The largest absolute Gasteiger partial charge is 0.383 e. The van der Waals surface area contributed by atoms with Crippen LogP contribution in [0.4, 0.5) is 0 Å². The summed E-state index contributed by atoms with van der Waals surface area (Å²) in [5.41, 5.74) is 0.461.